The first-order valence-electron chi connectivity index (χ1n) is 9.20. The van der Waals surface area contributed by atoms with Crippen LogP contribution >= 0.6 is 0 Å². The first kappa shape index (κ1) is 20.5. The quantitative estimate of drug-likeness (QED) is 0.781. The molecule has 0 unspecified atom stereocenters. The number of hydrogen-bond donors (Lipinski definition) is 1. The Morgan fingerprint density at radius 2 is 1.37 bits per heavy atom. The molecule has 0 aliphatic rings. The van der Waals surface area contributed by atoms with Crippen molar-refractivity contribution in [1.82, 2.24) is 10.2 Å². The summed E-state index contributed by atoms with van der Waals surface area (Å²) in [6.07, 6.45) is 1.93. The standard InChI is InChI=1S/C22H29N3O2/c1-24(2)20-12-7-18(8-13-20)15-16-23-21(26)14-9-17-5-10-19(11-6-17)22(27)25(3)4/h5-8,10-13H,9,14-16H2,1-4H3,(H,23,26). The second-order valence-electron chi connectivity index (χ2n) is 7.06. The minimum absolute atomic E-state index is 0.0158. The number of carbonyl (C=O) groups excluding carboxylic acids is 2. The lowest BCUT2D eigenvalue weighted by Gasteiger charge is -2.12. The van der Waals surface area contributed by atoms with Crippen LogP contribution in [0.4, 0.5) is 5.69 Å². The molecule has 2 amide bonds. The van der Waals surface area contributed by atoms with Crippen LogP contribution in [0, 0.1) is 0 Å². The first-order chi connectivity index (χ1) is 12.9. The van der Waals surface area contributed by atoms with Crippen LogP contribution in [0.25, 0.3) is 0 Å². The normalized spacial score (nSPS) is 10.4. The summed E-state index contributed by atoms with van der Waals surface area (Å²) in [5, 5.41) is 2.97. The minimum atomic E-state index is -0.0158. The highest BCUT2D eigenvalue weighted by Gasteiger charge is 2.08. The van der Waals surface area contributed by atoms with E-state index in [-0.39, 0.29) is 11.8 Å². The van der Waals surface area contributed by atoms with Gasteiger partial charge in [0, 0.05) is 52.4 Å². The highest BCUT2D eigenvalue weighted by atomic mass is 16.2. The third kappa shape index (κ3) is 6.44. The summed E-state index contributed by atoms with van der Waals surface area (Å²) >= 11 is 0. The lowest BCUT2D eigenvalue weighted by molar-refractivity contribution is -0.121. The summed E-state index contributed by atoms with van der Waals surface area (Å²) in [6.45, 7) is 0.635. The zero-order valence-corrected chi connectivity index (χ0v) is 16.7. The maximum atomic E-state index is 12.0. The van der Waals surface area contributed by atoms with E-state index in [1.807, 2.05) is 38.4 Å². The Balaban J connectivity index is 1.72. The Morgan fingerprint density at radius 3 is 1.93 bits per heavy atom. The number of rotatable bonds is 8. The summed E-state index contributed by atoms with van der Waals surface area (Å²) in [4.78, 5) is 27.5. The molecule has 0 bridgehead atoms. The van der Waals surface area contributed by atoms with Crippen LogP contribution in [0.5, 0.6) is 0 Å². The molecule has 0 aromatic heterocycles. The van der Waals surface area contributed by atoms with Gasteiger partial charge < -0.3 is 15.1 Å². The van der Waals surface area contributed by atoms with Crippen LogP contribution < -0.4 is 10.2 Å². The number of nitrogens with one attached hydrogen (secondary N) is 1. The van der Waals surface area contributed by atoms with Gasteiger partial charge in [0.05, 0.1) is 0 Å². The molecule has 27 heavy (non-hydrogen) atoms. The van der Waals surface area contributed by atoms with Crippen molar-refractivity contribution in [2.45, 2.75) is 19.3 Å². The number of anilines is 1. The molecule has 0 spiro atoms. The Labute approximate surface area is 162 Å². The second kappa shape index (κ2) is 9.76. The van der Waals surface area contributed by atoms with Gasteiger partial charge in [-0.1, -0.05) is 24.3 Å². The molecule has 0 heterocycles. The predicted molar refractivity (Wildman–Crippen MR) is 110 cm³/mol. The number of hydrogen-bond acceptors (Lipinski definition) is 3. The van der Waals surface area contributed by atoms with Crippen LogP contribution in [0.15, 0.2) is 48.5 Å². The smallest absolute Gasteiger partial charge is 0.253 e. The van der Waals surface area contributed by atoms with Gasteiger partial charge in [-0.15, -0.1) is 0 Å². The van der Waals surface area contributed by atoms with Crippen molar-refractivity contribution in [1.29, 1.82) is 0 Å². The zero-order valence-electron chi connectivity index (χ0n) is 16.7. The van der Waals surface area contributed by atoms with Gasteiger partial charge >= 0.3 is 0 Å². The van der Waals surface area contributed by atoms with E-state index in [2.05, 4.69) is 34.5 Å². The average molecular weight is 367 g/mol. The maximum Gasteiger partial charge on any atom is 0.253 e. The van der Waals surface area contributed by atoms with E-state index in [1.165, 1.54) is 11.3 Å². The molecule has 2 aromatic rings. The summed E-state index contributed by atoms with van der Waals surface area (Å²) in [7, 11) is 7.50. The molecule has 0 aliphatic carbocycles. The van der Waals surface area contributed by atoms with E-state index in [9.17, 15) is 9.59 Å². The fourth-order valence-corrected chi connectivity index (χ4v) is 2.73. The van der Waals surface area contributed by atoms with E-state index in [0.717, 1.165) is 12.0 Å². The molecule has 0 saturated heterocycles. The number of benzene rings is 2. The van der Waals surface area contributed by atoms with E-state index in [4.69, 9.17) is 0 Å². The summed E-state index contributed by atoms with van der Waals surface area (Å²) in [5.74, 6) is 0.0336. The molecule has 0 fully saturated rings. The Hall–Kier alpha value is -2.82. The number of aryl methyl sites for hydroxylation is 1. The van der Waals surface area contributed by atoms with Crippen molar-refractivity contribution < 1.29 is 9.59 Å². The summed E-state index contributed by atoms with van der Waals surface area (Å²) < 4.78 is 0. The van der Waals surface area contributed by atoms with Crippen molar-refractivity contribution in [2.24, 2.45) is 0 Å². The highest BCUT2D eigenvalue weighted by molar-refractivity contribution is 5.93. The molecule has 2 aromatic carbocycles. The van der Waals surface area contributed by atoms with Crippen LogP contribution in [-0.2, 0) is 17.6 Å². The molecule has 5 heteroatoms. The van der Waals surface area contributed by atoms with Gasteiger partial charge in [0.15, 0.2) is 0 Å². The molecule has 5 nitrogen and oxygen atoms in total. The van der Waals surface area contributed by atoms with Crippen molar-refractivity contribution in [3.05, 3.63) is 65.2 Å². The van der Waals surface area contributed by atoms with Crippen LogP contribution in [0.3, 0.4) is 0 Å². The maximum absolute atomic E-state index is 12.0. The van der Waals surface area contributed by atoms with Gasteiger partial charge in [0.1, 0.15) is 0 Å². The third-order valence-electron chi connectivity index (χ3n) is 4.44. The van der Waals surface area contributed by atoms with Gasteiger partial charge in [-0.2, -0.15) is 0 Å². The number of carbonyl (C=O) groups is 2. The Kier molecular flexibility index (Phi) is 7.41. The Bertz CT molecular complexity index is 750. The topological polar surface area (TPSA) is 52.7 Å². The largest absolute Gasteiger partial charge is 0.378 e. The van der Waals surface area contributed by atoms with Gasteiger partial charge in [-0.3, -0.25) is 9.59 Å². The van der Waals surface area contributed by atoms with E-state index in [1.54, 1.807) is 19.0 Å². The molecular formula is C22H29N3O2. The third-order valence-corrected chi connectivity index (χ3v) is 4.44. The van der Waals surface area contributed by atoms with Crippen molar-refractivity contribution >= 4 is 17.5 Å². The highest BCUT2D eigenvalue weighted by Crippen LogP contribution is 2.12. The van der Waals surface area contributed by atoms with Gasteiger partial charge in [-0.05, 0) is 48.2 Å². The first-order valence-corrected chi connectivity index (χ1v) is 9.20. The molecule has 144 valence electrons. The molecule has 0 atom stereocenters. The molecule has 1 N–H and O–H groups in total. The monoisotopic (exact) mass is 367 g/mol. The average Bonchev–Trinajstić information content (AvgIpc) is 2.66. The second-order valence-corrected chi connectivity index (χ2v) is 7.06. The van der Waals surface area contributed by atoms with E-state index in [0.29, 0.717) is 24.9 Å². The molecule has 0 aliphatic heterocycles. The van der Waals surface area contributed by atoms with Crippen molar-refractivity contribution in [3.63, 3.8) is 0 Å². The number of amides is 2. The van der Waals surface area contributed by atoms with E-state index >= 15 is 0 Å². The fourth-order valence-electron chi connectivity index (χ4n) is 2.73. The lowest BCUT2D eigenvalue weighted by Crippen LogP contribution is -2.25. The molecular weight excluding hydrogens is 338 g/mol. The van der Waals surface area contributed by atoms with Crippen molar-refractivity contribution in [2.75, 3.05) is 39.6 Å². The van der Waals surface area contributed by atoms with E-state index < -0.39 is 0 Å². The minimum Gasteiger partial charge on any atom is -0.378 e. The molecule has 2 rings (SSSR count). The Morgan fingerprint density at radius 1 is 0.815 bits per heavy atom. The SMILES string of the molecule is CN(C)C(=O)c1ccc(CCC(=O)NCCc2ccc(N(C)C)cc2)cc1. The van der Waals surface area contributed by atoms with Crippen molar-refractivity contribution in [3.8, 4) is 0 Å². The van der Waals surface area contributed by atoms with Crippen LogP contribution in [-0.4, -0.2) is 51.4 Å². The fraction of sp³-hybridized carbons (Fsp3) is 0.364. The molecule has 0 radical (unpaired) electrons. The lowest BCUT2D eigenvalue weighted by atomic mass is 10.1. The van der Waals surface area contributed by atoms with Gasteiger partial charge in [-0.25, -0.2) is 0 Å². The van der Waals surface area contributed by atoms with Gasteiger partial charge in [0.2, 0.25) is 5.91 Å². The van der Waals surface area contributed by atoms with Crippen LogP contribution in [0.2, 0.25) is 0 Å². The van der Waals surface area contributed by atoms with Gasteiger partial charge in [0.25, 0.3) is 5.91 Å². The zero-order chi connectivity index (χ0) is 19.8. The number of nitrogens with zero attached hydrogens (tertiary/aromatic N) is 2. The molecule has 0 saturated carbocycles. The summed E-state index contributed by atoms with van der Waals surface area (Å²) in [6, 6.07) is 15.8. The predicted octanol–water partition coefficient (Wildman–Crippen LogP) is 2.75. The van der Waals surface area contributed by atoms with Crippen LogP contribution in [0.1, 0.15) is 27.9 Å². The summed E-state index contributed by atoms with van der Waals surface area (Å²) in [5.41, 5.74) is 4.09.